The topological polar surface area (TPSA) is 105 Å². The fourth-order valence-corrected chi connectivity index (χ4v) is 5.45. The number of ketones is 1. The molecule has 1 aromatic heterocycles. The second-order valence-corrected chi connectivity index (χ2v) is 11.6. The predicted molar refractivity (Wildman–Crippen MR) is 145 cm³/mol. The molecule has 2 saturated carbocycles. The molecule has 3 unspecified atom stereocenters. The van der Waals surface area contributed by atoms with Crippen molar-refractivity contribution in [3.05, 3.63) is 59.9 Å². The standard InChI is InChI=1S/C30H40N4O3/c1-30(2,3)22-12-14-24(15-13-22)34(29(37)20-11-16-25(31)26(35)18-20)27(21-8-7-17-32-19-21)28(36)33-23-9-5-4-6-10-23/h7-8,12-15,17,19-20,23,25,27H,4-6,9-11,16,18,31H2,1-3H3,(H,33,36). The Morgan fingerprint density at radius 3 is 2.32 bits per heavy atom. The summed E-state index contributed by atoms with van der Waals surface area (Å²) in [6, 6.07) is 10.1. The van der Waals surface area contributed by atoms with E-state index >= 15 is 0 Å². The molecule has 7 heteroatoms. The predicted octanol–water partition coefficient (Wildman–Crippen LogP) is 4.60. The van der Waals surface area contributed by atoms with Crippen molar-refractivity contribution in [3.63, 3.8) is 0 Å². The van der Waals surface area contributed by atoms with Crippen LogP contribution in [0.15, 0.2) is 48.8 Å². The average molecular weight is 505 g/mol. The lowest BCUT2D eigenvalue weighted by molar-refractivity contribution is -0.132. The Balaban J connectivity index is 1.75. The number of anilines is 1. The number of amides is 2. The van der Waals surface area contributed by atoms with Gasteiger partial charge in [-0.05, 0) is 54.9 Å². The number of carbonyl (C=O) groups is 3. The molecule has 2 aromatic rings. The van der Waals surface area contributed by atoms with Gasteiger partial charge >= 0.3 is 0 Å². The van der Waals surface area contributed by atoms with Gasteiger partial charge < -0.3 is 11.1 Å². The number of hydrogen-bond donors (Lipinski definition) is 2. The van der Waals surface area contributed by atoms with E-state index in [-0.39, 0.29) is 35.5 Å². The molecular formula is C30H40N4O3. The fourth-order valence-electron chi connectivity index (χ4n) is 5.45. The van der Waals surface area contributed by atoms with E-state index in [9.17, 15) is 14.4 Å². The molecule has 0 radical (unpaired) electrons. The minimum atomic E-state index is -0.894. The lowest BCUT2D eigenvalue weighted by Gasteiger charge is -2.36. The molecule has 0 spiro atoms. The summed E-state index contributed by atoms with van der Waals surface area (Å²) in [5, 5.41) is 3.23. The highest BCUT2D eigenvalue weighted by molar-refractivity contribution is 6.04. The van der Waals surface area contributed by atoms with E-state index in [1.54, 1.807) is 23.4 Å². The summed E-state index contributed by atoms with van der Waals surface area (Å²) in [4.78, 5) is 46.4. The molecular weight excluding hydrogens is 464 g/mol. The fraction of sp³-hybridized carbons (Fsp3) is 0.533. The third kappa shape index (κ3) is 6.45. The quantitative estimate of drug-likeness (QED) is 0.598. The molecule has 1 heterocycles. The first-order valence-electron chi connectivity index (χ1n) is 13.6. The maximum absolute atomic E-state index is 14.2. The smallest absolute Gasteiger partial charge is 0.248 e. The van der Waals surface area contributed by atoms with Gasteiger partial charge in [-0.1, -0.05) is 58.2 Å². The first-order valence-corrected chi connectivity index (χ1v) is 13.6. The van der Waals surface area contributed by atoms with Crippen LogP contribution < -0.4 is 16.0 Å². The van der Waals surface area contributed by atoms with Gasteiger partial charge in [-0.25, -0.2) is 0 Å². The molecule has 37 heavy (non-hydrogen) atoms. The molecule has 198 valence electrons. The molecule has 3 atom stereocenters. The Morgan fingerprint density at radius 1 is 1.03 bits per heavy atom. The number of nitrogens with zero attached hydrogens (tertiary/aromatic N) is 2. The summed E-state index contributed by atoms with van der Waals surface area (Å²) >= 11 is 0. The Labute approximate surface area is 220 Å². The summed E-state index contributed by atoms with van der Waals surface area (Å²) < 4.78 is 0. The molecule has 2 aliphatic carbocycles. The Morgan fingerprint density at radius 2 is 1.73 bits per heavy atom. The van der Waals surface area contributed by atoms with Crippen molar-refractivity contribution in [2.75, 3.05) is 4.90 Å². The van der Waals surface area contributed by atoms with Crippen LogP contribution in [0.5, 0.6) is 0 Å². The Kier molecular flexibility index (Phi) is 8.42. The number of Topliss-reactive ketones (excluding diaryl/α,β-unsaturated/α-hetero) is 1. The largest absolute Gasteiger partial charge is 0.351 e. The van der Waals surface area contributed by atoms with Crippen molar-refractivity contribution in [1.29, 1.82) is 0 Å². The number of hydrogen-bond acceptors (Lipinski definition) is 5. The van der Waals surface area contributed by atoms with Gasteiger partial charge in [0.2, 0.25) is 11.8 Å². The van der Waals surface area contributed by atoms with Gasteiger partial charge in [0.15, 0.2) is 0 Å². The second kappa shape index (κ2) is 11.5. The van der Waals surface area contributed by atoms with E-state index < -0.39 is 18.0 Å². The summed E-state index contributed by atoms with van der Waals surface area (Å²) in [7, 11) is 0. The number of nitrogens with two attached hydrogens (primary N) is 1. The van der Waals surface area contributed by atoms with Crippen LogP contribution in [-0.2, 0) is 19.8 Å². The van der Waals surface area contributed by atoms with Crippen molar-refractivity contribution >= 4 is 23.3 Å². The number of nitrogens with one attached hydrogen (secondary N) is 1. The maximum atomic E-state index is 14.2. The molecule has 3 N–H and O–H groups in total. The molecule has 7 nitrogen and oxygen atoms in total. The van der Waals surface area contributed by atoms with Gasteiger partial charge in [-0.3, -0.25) is 24.3 Å². The SMILES string of the molecule is CC(C)(C)c1ccc(N(C(=O)C2CCC(N)C(=O)C2)C(C(=O)NC2CCCCC2)c2cccnc2)cc1. The maximum Gasteiger partial charge on any atom is 0.248 e. The lowest BCUT2D eigenvalue weighted by Crippen LogP contribution is -2.50. The van der Waals surface area contributed by atoms with Crippen LogP contribution in [0.4, 0.5) is 5.69 Å². The van der Waals surface area contributed by atoms with Crippen molar-refractivity contribution in [3.8, 4) is 0 Å². The van der Waals surface area contributed by atoms with Crippen molar-refractivity contribution in [2.24, 2.45) is 11.7 Å². The Hall–Kier alpha value is -3.06. The lowest BCUT2D eigenvalue weighted by atomic mass is 9.83. The summed E-state index contributed by atoms with van der Waals surface area (Å²) in [6.07, 6.45) is 9.63. The van der Waals surface area contributed by atoms with Crippen LogP contribution in [0.2, 0.25) is 0 Å². The van der Waals surface area contributed by atoms with Crippen LogP contribution in [-0.4, -0.2) is 34.7 Å². The van der Waals surface area contributed by atoms with Crippen LogP contribution in [0.1, 0.15) is 89.3 Å². The highest BCUT2D eigenvalue weighted by Gasteiger charge is 2.40. The number of carbonyl (C=O) groups excluding carboxylic acids is 3. The number of benzene rings is 1. The number of rotatable bonds is 6. The summed E-state index contributed by atoms with van der Waals surface area (Å²) in [6.45, 7) is 6.41. The number of aromatic nitrogens is 1. The van der Waals surface area contributed by atoms with E-state index in [2.05, 4.69) is 31.1 Å². The van der Waals surface area contributed by atoms with Gasteiger partial charge in [0.05, 0.1) is 6.04 Å². The van der Waals surface area contributed by atoms with E-state index in [0.717, 1.165) is 31.2 Å². The minimum Gasteiger partial charge on any atom is -0.351 e. The molecule has 2 fully saturated rings. The summed E-state index contributed by atoms with van der Waals surface area (Å²) in [5.74, 6) is -1.06. The third-order valence-corrected chi connectivity index (χ3v) is 7.74. The van der Waals surface area contributed by atoms with Gasteiger partial charge in [0.1, 0.15) is 11.8 Å². The van der Waals surface area contributed by atoms with E-state index in [4.69, 9.17) is 5.73 Å². The van der Waals surface area contributed by atoms with Gasteiger partial charge in [0, 0.05) is 42.0 Å². The van der Waals surface area contributed by atoms with E-state index in [1.807, 2.05) is 30.3 Å². The van der Waals surface area contributed by atoms with Crippen molar-refractivity contribution in [1.82, 2.24) is 10.3 Å². The van der Waals surface area contributed by atoms with Crippen LogP contribution in [0, 0.1) is 5.92 Å². The van der Waals surface area contributed by atoms with Crippen molar-refractivity contribution < 1.29 is 14.4 Å². The van der Waals surface area contributed by atoms with Crippen LogP contribution in [0.3, 0.4) is 0 Å². The van der Waals surface area contributed by atoms with Gasteiger partial charge in [-0.2, -0.15) is 0 Å². The second-order valence-electron chi connectivity index (χ2n) is 11.6. The number of pyridine rings is 1. The third-order valence-electron chi connectivity index (χ3n) is 7.74. The first-order chi connectivity index (χ1) is 17.6. The zero-order valence-corrected chi connectivity index (χ0v) is 22.3. The van der Waals surface area contributed by atoms with E-state index in [0.29, 0.717) is 24.1 Å². The highest BCUT2D eigenvalue weighted by atomic mass is 16.2. The monoisotopic (exact) mass is 504 g/mol. The molecule has 0 saturated heterocycles. The normalized spacial score (nSPS) is 21.8. The first kappa shape index (κ1) is 27.0. The minimum absolute atomic E-state index is 0.0552. The zero-order chi connectivity index (χ0) is 26.6. The molecule has 0 aliphatic heterocycles. The summed E-state index contributed by atoms with van der Waals surface area (Å²) in [5.41, 5.74) is 8.29. The van der Waals surface area contributed by atoms with E-state index in [1.165, 1.54) is 6.42 Å². The van der Waals surface area contributed by atoms with Gasteiger partial charge in [0.25, 0.3) is 0 Å². The molecule has 2 amide bonds. The zero-order valence-electron chi connectivity index (χ0n) is 22.3. The molecule has 0 bridgehead atoms. The Bertz CT molecular complexity index is 1090. The molecule has 4 rings (SSSR count). The average Bonchev–Trinajstić information content (AvgIpc) is 2.89. The van der Waals surface area contributed by atoms with Gasteiger partial charge in [-0.15, -0.1) is 0 Å². The van der Waals surface area contributed by atoms with Crippen LogP contribution in [0.25, 0.3) is 0 Å². The molecule has 1 aromatic carbocycles. The highest BCUT2D eigenvalue weighted by Crippen LogP contribution is 2.34. The van der Waals surface area contributed by atoms with Crippen molar-refractivity contribution in [2.45, 2.75) is 95.7 Å². The van der Waals surface area contributed by atoms with Crippen LogP contribution >= 0.6 is 0 Å². The molecule has 2 aliphatic rings.